The predicted octanol–water partition coefficient (Wildman–Crippen LogP) is 5.29. The molecule has 2 aromatic rings. The summed E-state index contributed by atoms with van der Waals surface area (Å²) >= 11 is 12.5. The maximum Gasteiger partial charge on any atom is 0.154 e. The smallest absolute Gasteiger partial charge is 0.154 e. The van der Waals surface area contributed by atoms with Crippen LogP contribution in [0.2, 0.25) is 10.0 Å². The fourth-order valence-corrected chi connectivity index (χ4v) is 2.64. The molecule has 0 saturated heterocycles. The first-order chi connectivity index (χ1) is 10.1. The third-order valence-electron chi connectivity index (χ3n) is 3.17. The molecule has 0 aliphatic carbocycles. The molecule has 21 heavy (non-hydrogen) atoms. The molecule has 0 fully saturated rings. The zero-order valence-electron chi connectivity index (χ0n) is 12.5. The summed E-state index contributed by atoms with van der Waals surface area (Å²) in [4.78, 5) is 6.65. The van der Waals surface area contributed by atoms with Crippen LogP contribution in [-0.2, 0) is 0 Å². The molecule has 112 valence electrons. The Morgan fingerprint density at radius 1 is 1.10 bits per heavy atom. The van der Waals surface area contributed by atoms with Crippen LogP contribution in [0, 0.1) is 6.92 Å². The minimum Gasteiger partial charge on any atom is -0.369 e. The van der Waals surface area contributed by atoms with Crippen molar-refractivity contribution in [3.8, 4) is 0 Å². The van der Waals surface area contributed by atoms with Crippen molar-refractivity contribution >= 4 is 40.5 Å². The van der Waals surface area contributed by atoms with Gasteiger partial charge in [-0.1, -0.05) is 40.9 Å². The average molecular weight is 324 g/mol. The number of halogens is 2. The summed E-state index contributed by atoms with van der Waals surface area (Å²) < 4.78 is 0. The molecule has 0 aliphatic rings. The fourth-order valence-electron chi connectivity index (χ4n) is 2.12. The Kier molecular flexibility index (Phi) is 5.32. The number of aromatic nitrogens is 1. The minimum absolute atomic E-state index is 0.533. The number of nitrogens with one attached hydrogen (secondary N) is 1. The van der Waals surface area contributed by atoms with Gasteiger partial charge in [-0.15, -0.1) is 0 Å². The van der Waals surface area contributed by atoms with Gasteiger partial charge in [-0.3, -0.25) is 0 Å². The van der Waals surface area contributed by atoms with E-state index in [4.69, 9.17) is 23.2 Å². The van der Waals surface area contributed by atoms with E-state index in [2.05, 4.69) is 53.3 Å². The second kappa shape index (κ2) is 7.01. The Balaban J connectivity index is 2.46. The Bertz CT molecular complexity index is 612. The number of anilines is 3. The van der Waals surface area contributed by atoms with Crippen LogP contribution >= 0.6 is 23.2 Å². The number of nitrogens with zero attached hydrogens (tertiary/aromatic N) is 2. The Hall–Kier alpha value is -1.45. The number of hydrogen-bond donors (Lipinski definition) is 1. The first-order valence-corrected chi connectivity index (χ1v) is 7.76. The zero-order chi connectivity index (χ0) is 15.4. The lowest BCUT2D eigenvalue weighted by molar-refractivity contribution is 0.987. The standard InChI is InChI=1S/C16H19Cl2N3/c1-4-19-15-13(17)10-14(18)16(20-15)21(5-2)12-8-6-11(3)7-9-12/h6-10H,4-5H2,1-3H3,(H,19,20). The molecule has 1 aromatic heterocycles. The van der Waals surface area contributed by atoms with Crippen molar-refractivity contribution in [2.24, 2.45) is 0 Å². The van der Waals surface area contributed by atoms with Gasteiger partial charge in [0.2, 0.25) is 0 Å². The fraction of sp³-hybridized carbons (Fsp3) is 0.312. The van der Waals surface area contributed by atoms with Crippen molar-refractivity contribution in [2.75, 3.05) is 23.3 Å². The van der Waals surface area contributed by atoms with Crippen LogP contribution in [0.15, 0.2) is 30.3 Å². The van der Waals surface area contributed by atoms with Crippen LogP contribution in [-0.4, -0.2) is 18.1 Å². The average Bonchev–Trinajstić information content (AvgIpc) is 2.46. The predicted molar refractivity (Wildman–Crippen MR) is 92.3 cm³/mol. The van der Waals surface area contributed by atoms with Crippen LogP contribution in [0.25, 0.3) is 0 Å². The molecule has 3 nitrogen and oxygen atoms in total. The molecule has 0 amide bonds. The number of pyridine rings is 1. The van der Waals surface area contributed by atoms with E-state index >= 15 is 0 Å². The minimum atomic E-state index is 0.533. The summed E-state index contributed by atoms with van der Waals surface area (Å²) in [6.07, 6.45) is 0. The van der Waals surface area contributed by atoms with Gasteiger partial charge >= 0.3 is 0 Å². The van der Waals surface area contributed by atoms with E-state index in [1.54, 1.807) is 6.07 Å². The Morgan fingerprint density at radius 3 is 2.33 bits per heavy atom. The first kappa shape index (κ1) is 15.9. The lowest BCUT2D eigenvalue weighted by Gasteiger charge is -2.24. The summed E-state index contributed by atoms with van der Waals surface area (Å²) in [5, 5.41) is 4.23. The summed E-state index contributed by atoms with van der Waals surface area (Å²) in [5.74, 6) is 1.37. The highest BCUT2D eigenvalue weighted by atomic mass is 35.5. The van der Waals surface area contributed by atoms with Gasteiger partial charge in [-0.05, 0) is 39.0 Å². The molecular weight excluding hydrogens is 305 g/mol. The molecule has 1 aromatic carbocycles. The normalized spacial score (nSPS) is 10.5. The Morgan fingerprint density at radius 2 is 1.76 bits per heavy atom. The van der Waals surface area contributed by atoms with E-state index in [0.717, 1.165) is 18.8 Å². The van der Waals surface area contributed by atoms with Gasteiger partial charge in [-0.2, -0.15) is 0 Å². The number of aryl methyl sites for hydroxylation is 1. The lowest BCUT2D eigenvalue weighted by Crippen LogP contribution is -2.18. The van der Waals surface area contributed by atoms with E-state index in [9.17, 15) is 0 Å². The molecule has 0 atom stereocenters. The van der Waals surface area contributed by atoms with Crippen LogP contribution in [0.4, 0.5) is 17.3 Å². The van der Waals surface area contributed by atoms with E-state index in [1.165, 1.54) is 5.56 Å². The maximum atomic E-state index is 6.34. The molecule has 0 saturated carbocycles. The molecular formula is C16H19Cl2N3. The molecule has 0 radical (unpaired) electrons. The second-order valence-electron chi connectivity index (χ2n) is 4.73. The second-order valence-corrected chi connectivity index (χ2v) is 5.55. The summed E-state index contributed by atoms with van der Waals surface area (Å²) in [6, 6.07) is 10.0. The Labute approximate surface area is 135 Å². The molecule has 2 rings (SSSR count). The molecule has 0 bridgehead atoms. The highest BCUT2D eigenvalue weighted by Crippen LogP contribution is 2.35. The van der Waals surface area contributed by atoms with Gasteiger partial charge in [0.05, 0.1) is 10.0 Å². The van der Waals surface area contributed by atoms with Crippen molar-refractivity contribution in [2.45, 2.75) is 20.8 Å². The van der Waals surface area contributed by atoms with Crippen molar-refractivity contribution in [1.82, 2.24) is 4.98 Å². The third-order valence-corrected chi connectivity index (χ3v) is 3.74. The maximum absolute atomic E-state index is 6.34. The summed E-state index contributed by atoms with van der Waals surface area (Å²) in [7, 11) is 0. The van der Waals surface area contributed by atoms with Gasteiger partial charge in [0.1, 0.15) is 5.82 Å². The van der Waals surface area contributed by atoms with E-state index in [1.807, 2.05) is 6.92 Å². The van der Waals surface area contributed by atoms with Crippen LogP contribution in [0.1, 0.15) is 19.4 Å². The number of benzene rings is 1. The van der Waals surface area contributed by atoms with Crippen LogP contribution < -0.4 is 10.2 Å². The van der Waals surface area contributed by atoms with Crippen LogP contribution in [0.3, 0.4) is 0 Å². The van der Waals surface area contributed by atoms with Gasteiger partial charge in [-0.25, -0.2) is 4.98 Å². The highest BCUT2D eigenvalue weighted by Gasteiger charge is 2.16. The zero-order valence-corrected chi connectivity index (χ0v) is 14.0. The topological polar surface area (TPSA) is 28.2 Å². The van der Waals surface area contributed by atoms with Crippen molar-refractivity contribution < 1.29 is 0 Å². The summed E-state index contributed by atoms with van der Waals surface area (Å²) in [6.45, 7) is 7.66. The van der Waals surface area contributed by atoms with Gasteiger partial charge in [0.15, 0.2) is 5.82 Å². The monoisotopic (exact) mass is 323 g/mol. The van der Waals surface area contributed by atoms with E-state index in [-0.39, 0.29) is 0 Å². The third kappa shape index (κ3) is 3.60. The van der Waals surface area contributed by atoms with Gasteiger partial charge in [0, 0.05) is 18.8 Å². The molecule has 0 aliphatic heterocycles. The van der Waals surface area contributed by atoms with E-state index in [0.29, 0.717) is 21.7 Å². The summed E-state index contributed by atoms with van der Waals surface area (Å²) in [5.41, 5.74) is 2.28. The first-order valence-electron chi connectivity index (χ1n) is 7.01. The molecule has 0 spiro atoms. The molecule has 1 N–H and O–H groups in total. The van der Waals surface area contributed by atoms with E-state index < -0.39 is 0 Å². The molecule has 0 unspecified atom stereocenters. The van der Waals surface area contributed by atoms with Crippen molar-refractivity contribution in [3.63, 3.8) is 0 Å². The molecule has 5 heteroatoms. The largest absolute Gasteiger partial charge is 0.369 e. The van der Waals surface area contributed by atoms with Gasteiger partial charge < -0.3 is 10.2 Å². The molecule has 1 heterocycles. The van der Waals surface area contributed by atoms with Crippen molar-refractivity contribution in [1.29, 1.82) is 0 Å². The number of rotatable bonds is 5. The quantitative estimate of drug-likeness (QED) is 0.810. The van der Waals surface area contributed by atoms with Crippen LogP contribution in [0.5, 0.6) is 0 Å². The van der Waals surface area contributed by atoms with Gasteiger partial charge in [0.25, 0.3) is 0 Å². The van der Waals surface area contributed by atoms with Crippen molar-refractivity contribution in [3.05, 3.63) is 45.9 Å². The highest BCUT2D eigenvalue weighted by molar-refractivity contribution is 6.37. The lowest BCUT2D eigenvalue weighted by atomic mass is 10.2. The number of hydrogen-bond acceptors (Lipinski definition) is 3. The SMILES string of the molecule is CCNc1nc(N(CC)c2ccc(C)cc2)c(Cl)cc1Cl.